The monoisotopic (exact) mass is 388 g/mol. The SMILES string of the molecule is COc1cc(C(O)CNC(=O)c2ccc3[nH]c(=O)oc3c2)cc(OC)c1OC. The van der Waals surface area contributed by atoms with Crippen LogP contribution in [0, 0.1) is 0 Å². The molecule has 1 unspecified atom stereocenters. The predicted octanol–water partition coefficient (Wildman–Crippen LogP) is 1.61. The third kappa shape index (κ3) is 3.79. The molecule has 3 aromatic rings. The fourth-order valence-electron chi connectivity index (χ4n) is 2.79. The summed E-state index contributed by atoms with van der Waals surface area (Å²) < 4.78 is 20.7. The van der Waals surface area contributed by atoms with E-state index < -0.39 is 17.8 Å². The second-order valence-electron chi connectivity index (χ2n) is 5.91. The molecule has 148 valence electrons. The Morgan fingerprint density at radius 1 is 1.14 bits per heavy atom. The van der Waals surface area contributed by atoms with E-state index in [4.69, 9.17) is 18.6 Å². The number of ether oxygens (including phenoxy) is 3. The normalized spacial score (nSPS) is 11.9. The van der Waals surface area contributed by atoms with Crippen LogP contribution in [-0.4, -0.2) is 43.9 Å². The molecule has 0 saturated heterocycles. The maximum atomic E-state index is 12.4. The van der Waals surface area contributed by atoms with Gasteiger partial charge in [0.15, 0.2) is 17.1 Å². The number of amides is 1. The summed E-state index contributed by atoms with van der Waals surface area (Å²) in [6, 6.07) is 7.80. The molecular formula is C19H20N2O7. The van der Waals surface area contributed by atoms with Crippen molar-refractivity contribution in [3.8, 4) is 17.2 Å². The maximum Gasteiger partial charge on any atom is 0.417 e. The van der Waals surface area contributed by atoms with Crippen LogP contribution in [0.25, 0.3) is 11.1 Å². The van der Waals surface area contributed by atoms with Crippen LogP contribution in [0.4, 0.5) is 0 Å². The van der Waals surface area contributed by atoms with Crippen molar-refractivity contribution in [2.45, 2.75) is 6.10 Å². The van der Waals surface area contributed by atoms with Crippen LogP contribution in [0.5, 0.6) is 17.2 Å². The van der Waals surface area contributed by atoms with Crippen molar-refractivity contribution in [1.29, 1.82) is 0 Å². The smallest absolute Gasteiger partial charge is 0.417 e. The summed E-state index contributed by atoms with van der Waals surface area (Å²) in [5.41, 5.74) is 1.57. The number of hydrogen-bond donors (Lipinski definition) is 3. The average molecular weight is 388 g/mol. The van der Waals surface area contributed by atoms with E-state index in [-0.39, 0.29) is 12.1 Å². The molecule has 9 heteroatoms. The van der Waals surface area contributed by atoms with E-state index in [9.17, 15) is 14.7 Å². The van der Waals surface area contributed by atoms with Crippen molar-refractivity contribution in [3.05, 3.63) is 52.0 Å². The van der Waals surface area contributed by atoms with E-state index in [1.807, 2.05) is 0 Å². The number of aromatic amines is 1. The number of rotatable bonds is 7. The van der Waals surface area contributed by atoms with E-state index in [0.717, 1.165) is 0 Å². The number of aliphatic hydroxyl groups excluding tert-OH is 1. The molecule has 2 aromatic carbocycles. The highest BCUT2D eigenvalue weighted by Crippen LogP contribution is 2.39. The molecule has 0 fully saturated rings. The highest BCUT2D eigenvalue weighted by Gasteiger charge is 2.18. The van der Waals surface area contributed by atoms with Crippen LogP contribution >= 0.6 is 0 Å². The van der Waals surface area contributed by atoms with Crippen LogP contribution in [0.1, 0.15) is 22.0 Å². The molecule has 9 nitrogen and oxygen atoms in total. The van der Waals surface area contributed by atoms with E-state index in [0.29, 0.717) is 33.9 Å². The third-order valence-electron chi connectivity index (χ3n) is 4.21. The Bertz CT molecular complexity index is 1030. The molecular weight excluding hydrogens is 368 g/mol. The Morgan fingerprint density at radius 3 is 2.43 bits per heavy atom. The molecule has 0 spiro atoms. The van der Waals surface area contributed by atoms with Gasteiger partial charge in [-0.3, -0.25) is 9.78 Å². The van der Waals surface area contributed by atoms with Crippen molar-refractivity contribution in [2.24, 2.45) is 0 Å². The minimum atomic E-state index is -1.01. The van der Waals surface area contributed by atoms with Crippen molar-refractivity contribution >= 4 is 17.0 Å². The van der Waals surface area contributed by atoms with Gasteiger partial charge in [-0.25, -0.2) is 4.79 Å². The fraction of sp³-hybridized carbons (Fsp3) is 0.263. The van der Waals surface area contributed by atoms with Crippen molar-refractivity contribution in [3.63, 3.8) is 0 Å². The molecule has 3 rings (SSSR count). The summed E-state index contributed by atoms with van der Waals surface area (Å²) in [7, 11) is 4.44. The van der Waals surface area contributed by atoms with E-state index in [2.05, 4.69) is 10.3 Å². The molecule has 0 aliphatic rings. The number of aliphatic hydroxyl groups is 1. The van der Waals surface area contributed by atoms with Gasteiger partial charge in [0.05, 0.1) is 33.0 Å². The van der Waals surface area contributed by atoms with Gasteiger partial charge in [0.2, 0.25) is 5.75 Å². The second kappa shape index (κ2) is 8.05. The molecule has 0 aliphatic heterocycles. The first-order chi connectivity index (χ1) is 13.5. The molecule has 0 bridgehead atoms. The molecule has 1 heterocycles. The van der Waals surface area contributed by atoms with Gasteiger partial charge < -0.3 is 29.1 Å². The fourth-order valence-corrected chi connectivity index (χ4v) is 2.79. The maximum absolute atomic E-state index is 12.4. The van der Waals surface area contributed by atoms with Crippen molar-refractivity contribution < 1.29 is 28.5 Å². The van der Waals surface area contributed by atoms with Gasteiger partial charge in [-0.05, 0) is 35.9 Å². The standard InChI is InChI=1S/C19H20N2O7/c1-25-15-7-11(8-16(26-2)17(15)27-3)13(22)9-20-18(23)10-4-5-12-14(6-10)28-19(24)21-12/h4-8,13,22H,9H2,1-3H3,(H,20,23)(H,21,24). The zero-order valence-electron chi connectivity index (χ0n) is 15.6. The summed E-state index contributed by atoms with van der Waals surface area (Å²) in [4.78, 5) is 26.1. The highest BCUT2D eigenvalue weighted by atomic mass is 16.5. The number of H-pyrrole nitrogens is 1. The van der Waals surface area contributed by atoms with E-state index >= 15 is 0 Å². The quantitative estimate of drug-likeness (QED) is 0.562. The van der Waals surface area contributed by atoms with Gasteiger partial charge in [-0.15, -0.1) is 0 Å². The van der Waals surface area contributed by atoms with Gasteiger partial charge in [0.25, 0.3) is 5.91 Å². The molecule has 1 amide bonds. The molecule has 0 saturated carbocycles. The van der Waals surface area contributed by atoms with Crippen molar-refractivity contribution in [2.75, 3.05) is 27.9 Å². The number of carbonyl (C=O) groups is 1. The first-order valence-corrected chi connectivity index (χ1v) is 8.36. The second-order valence-corrected chi connectivity index (χ2v) is 5.91. The number of fused-ring (bicyclic) bond motifs is 1. The first-order valence-electron chi connectivity index (χ1n) is 8.36. The Hall–Kier alpha value is -3.46. The van der Waals surface area contributed by atoms with Gasteiger partial charge >= 0.3 is 5.76 Å². The summed E-state index contributed by atoms with van der Waals surface area (Å²) >= 11 is 0. The largest absolute Gasteiger partial charge is 0.493 e. The lowest BCUT2D eigenvalue weighted by Crippen LogP contribution is -2.28. The average Bonchev–Trinajstić information content (AvgIpc) is 3.09. The summed E-state index contributed by atoms with van der Waals surface area (Å²) in [6.07, 6.45) is -1.01. The number of benzene rings is 2. The number of hydrogen-bond acceptors (Lipinski definition) is 7. The number of methoxy groups -OCH3 is 3. The molecule has 1 atom stereocenters. The highest BCUT2D eigenvalue weighted by molar-refractivity contribution is 5.96. The van der Waals surface area contributed by atoms with E-state index in [1.165, 1.54) is 27.4 Å². The van der Waals surface area contributed by atoms with Gasteiger partial charge in [-0.1, -0.05) is 0 Å². The van der Waals surface area contributed by atoms with Crippen LogP contribution in [0.15, 0.2) is 39.5 Å². The predicted molar refractivity (Wildman–Crippen MR) is 100 cm³/mol. The topological polar surface area (TPSA) is 123 Å². The van der Waals surface area contributed by atoms with Gasteiger partial charge in [-0.2, -0.15) is 0 Å². The lowest BCUT2D eigenvalue weighted by atomic mass is 10.1. The van der Waals surface area contributed by atoms with E-state index in [1.54, 1.807) is 24.3 Å². The number of carbonyl (C=O) groups excluding carboxylic acids is 1. The molecule has 0 aliphatic carbocycles. The Balaban J connectivity index is 1.74. The minimum Gasteiger partial charge on any atom is -0.493 e. The Kier molecular flexibility index (Phi) is 5.55. The molecule has 0 radical (unpaired) electrons. The van der Waals surface area contributed by atoms with Crippen LogP contribution < -0.4 is 25.3 Å². The summed E-state index contributed by atoms with van der Waals surface area (Å²) in [5, 5.41) is 13.1. The lowest BCUT2D eigenvalue weighted by molar-refractivity contribution is 0.0916. The number of nitrogens with one attached hydrogen (secondary N) is 2. The van der Waals surface area contributed by atoms with Crippen LogP contribution in [0.3, 0.4) is 0 Å². The molecule has 28 heavy (non-hydrogen) atoms. The van der Waals surface area contributed by atoms with Crippen molar-refractivity contribution in [1.82, 2.24) is 10.3 Å². The zero-order valence-corrected chi connectivity index (χ0v) is 15.6. The number of aromatic nitrogens is 1. The summed E-state index contributed by atoms with van der Waals surface area (Å²) in [5.74, 6) is 0.194. The number of oxazole rings is 1. The lowest BCUT2D eigenvalue weighted by Gasteiger charge is -2.17. The van der Waals surface area contributed by atoms with Crippen LogP contribution in [-0.2, 0) is 0 Å². The minimum absolute atomic E-state index is 0.0490. The third-order valence-corrected chi connectivity index (χ3v) is 4.21. The van der Waals surface area contributed by atoms with Crippen LogP contribution in [0.2, 0.25) is 0 Å². The molecule has 1 aromatic heterocycles. The Morgan fingerprint density at radius 2 is 1.82 bits per heavy atom. The Labute approximate surface area is 159 Å². The first kappa shape index (κ1) is 19.3. The molecule has 3 N–H and O–H groups in total. The summed E-state index contributed by atoms with van der Waals surface area (Å²) in [6.45, 7) is -0.0490. The van der Waals surface area contributed by atoms with Gasteiger partial charge in [0.1, 0.15) is 0 Å². The zero-order chi connectivity index (χ0) is 20.3. The van der Waals surface area contributed by atoms with Gasteiger partial charge in [0, 0.05) is 12.1 Å².